The second kappa shape index (κ2) is 5.63. The Balaban J connectivity index is 1.72. The lowest BCUT2D eigenvalue weighted by atomic mass is 10.0. The van der Waals surface area contributed by atoms with Crippen molar-refractivity contribution in [1.29, 1.82) is 0 Å². The Kier molecular flexibility index (Phi) is 4.16. The van der Waals surface area contributed by atoms with Crippen LogP contribution in [0.4, 0.5) is 4.39 Å². The molecule has 1 saturated carbocycles. The SMILES string of the molecule is CC(Cc1ccc(F)cc1)NCC(C)C1CC1. The average Bonchev–Trinajstić information content (AvgIpc) is 3.13. The maximum atomic E-state index is 12.8. The van der Waals surface area contributed by atoms with Gasteiger partial charge in [0.15, 0.2) is 0 Å². The van der Waals surface area contributed by atoms with E-state index in [4.69, 9.17) is 0 Å². The lowest BCUT2D eigenvalue weighted by molar-refractivity contribution is 0.425. The Morgan fingerprint density at radius 3 is 2.47 bits per heavy atom. The van der Waals surface area contributed by atoms with Gasteiger partial charge in [0.05, 0.1) is 0 Å². The molecule has 2 atom stereocenters. The number of benzene rings is 1. The fraction of sp³-hybridized carbons (Fsp3) is 0.600. The lowest BCUT2D eigenvalue weighted by Gasteiger charge is -2.17. The number of hydrogen-bond donors (Lipinski definition) is 1. The lowest BCUT2D eigenvalue weighted by Crippen LogP contribution is -2.32. The topological polar surface area (TPSA) is 12.0 Å². The Labute approximate surface area is 103 Å². The monoisotopic (exact) mass is 235 g/mol. The van der Waals surface area contributed by atoms with Crippen LogP contribution in [0.25, 0.3) is 0 Å². The van der Waals surface area contributed by atoms with Gasteiger partial charge in [0.25, 0.3) is 0 Å². The molecule has 2 heteroatoms. The Morgan fingerprint density at radius 1 is 1.24 bits per heavy atom. The van der Waals surface area contributed by atoms with Crippen LogP contribution in [0, 0.1) is 17.7 Å². The van der Waals surface area contributed by atoms with Gasteiger partial charge in [-0.3, -0.25) is 0 Å². The van der Waals surface area contributed by atoms with Gasteiger partial charge in [0.1, 0.15) is 5.82 Å². The van der Waals surface area contributed by atoms with E-state index in [0.29, 0.717) is 6.04 Å². The quantitative estimate of drug-likeness (QED) is 0.797. The molecule has 2 rings (SSSR count). The fourth-order valence-corrected chi connectivity index (χ4v) is 2.27. The van der Waals surface area contributed by atoms with E-state index in [9.17, 15) is 4.39 Å². The zero-order valence-corrected chi connectivity index (χ0v) is 10.7. The van der Waals surface area contributed by atoms with Gasteiger partial charge in [-0.15, -0.1) is 0 Å². The Bertz CT molecular complexity index is 342. The minimum Gasteiger partial charge on any atom is -0.314 e. The van der Waals surface area contributed by atoms with Crippen LogP contribution >= 0.6 is 0 Å². The molecule has 0 saturated heterocycles. The Hall–Kier alpha value is -0.890. The van der Waals surface area contributed by atoms with Gasteiger partial charge < -0.3 is 5.32 Å². The van der Waals surface area contributed by atoms with Gasteiger partial charge >= 0.3 is 0 Å². The largest absolute Gasteiger partial charge is 0.314 e. The maximum Gasteiger partial charge on any atom is 0.123 e. The first kappa shape index (κ1) is 12.6. The molecule has 1 aliphatic rings. The maximum absolute atomic E-state index is 12.8. The minimum atomic E-state index is -0.156. The highest BCUT2D eigenvalue weighted by molar-refractivity contribution is 5.16. The third-order valence-electron chi connectivity index (χ3n) is 3.67. The summed E-state index contributed by atoms with van der Waals surface area (Å²) < 4.78 is 12.8. The van der Waals surface area contributed by atoms with E-state index in [1.807, 2.05) is 12.1 Å². The molecule has 0 aliphatic heterocycles. The van der Waals surface area contributed by atoms with Crippen LogP contribution in [0.2, 0.25) is 0 Å². The van der Waals surface area contributed by atoms with Crippen LogP contribution in [0.5, 0.6) is 0 Å². The molecule has 2 unspecified atom stereocenters. The van der Waals surface area contributed by atoms with E-state index in [1.54, 1.807) is 0 Å². The summed E-state index contributed by atoms with van der Waals surface area (Å²) in [7, 11) is 0. The van der Waals surface area contributed by atoms with Crippen molar-refractivity contribution in [3.8, 4) is 0 Å². The fourth-order valence-electron chi connectivity index (χ4n) is 2.27. The van der Waals surface area contributed by atoms with Gasteiger partial charge in [0, 0.05) is 6.04 Å². The van der Waals surface area contributed by atoms with E-state index < -0.39 is 0 Å². The van der Waals surface area contributed by atoms with E-state index >= 15 is 0 Å². The van der Waals surface area contributed by atoms with Crippen LogP contribution in [-0.4, -0.2) is 12.6 Å². The third-order valence-corrected chi connectivity index (χ3v) is 3.67. The zero-order valence-electron chi connectivity index (χ0n) is 10.7. The number of hydrogen-bond acceptors (Lipinski definition) is 1. The van der Waals surface area contributed by atoms with Gasteiger partial charge in [-0.2, -0.15) is 0 Å². The molecule has 0 bridgehead atoms. The number of rotatable bonds is 6. The highest BCUT2D eigenvalue weighted by Gasteiger charge is 2.27. The normalized spacial score (nSPS) is 19.0. The van der Waals surface area contributed by atoms with Crippen molar-refractivity contribution in [3.63, 3.8) is 0 Å². The van der Waals surface area contributed by atoms with Crippen molar-refractivity contribution >= 4 is 0 Å². The molecule has 0 heterocycles. The predicted octanol–water partition coefficient (Wildman–Crippen LogP) is 3.39. The van der Waals surface area contributed by atoms with Gasteiger partial charge in [0.2, 0.25) is 0 Å². The zero-order chi connectivity index (χ0) is 12.3. The van der Waals surface area contributed by atoms with Crippen molar-refractivity contribution < 1.29 is 4.39 Å². The van der Waals surface area contributed by atoms with Crippen LogP contribution in [0.3, 0.4) is 0 Å². The molecule has 1 nitrogen and oxygen atoms in total. The molecule has 17 heavy (non-hydrogen) atoms. The molecule has 1 aliphatic carbocycles. The molecule has 1 N–H and O–H groups in total. The molecule has 94 valence electrons. The summed E-state index contributed by atoms with van der Waals surface area (Å²) in [4.78, 5) is 0. The first-order valence-electron chi connectivity index (χ1n) is 6.63. The van der Waals surface area contributed by atoms with Crippen LogP contribution in [0.15, 0.2) is 24.3 Å². The Morgan fingerprint density at radius 2 is 1.88 bits per heavy atom. The molecule has 1 fully saturated rings. The summed E-state index contributed by atoms with van der Waals surface area (Å²) in [6.07, 6.45) is 3.79. The number of nitrogens with one attached hydrogen (secondary N) is 1. The molecule has 1 aromatic rings. The summed E-state index contributed by atoms with van der Waals surface area (Å²) in [6.45, 7) is 5.63. The molecule has 0 amide bonds. The van der Waals surface area contributed by atoms with Gasteiger partial charge in [-0.25, -0.2) is 4.39 Å². The highest BCUT2D eigenvalue weighted by Crippen LogP contribution is 2.36. The van der Waals surface area contributed by atoms with E-state index in [2.05, 4.69) is 19.2 Å². The van der Waals surface area contributed by atoms with Crippen LogP contribution in [-0.2, 0) is 6.42 Å². The van der Waals surface area contributed by atoms with Crippen LogP contribution in [0.1, 0.15) is 32.3 Å². The van der Waals surface area contributed by atoms with Crippen molar-refractivity contribution in [3.05, 3.63) is 35.6 Å². The summed E-state index contributed by atoms with van der Waals surface area (Å²) in [5.74, 6) is 1.60. The van der Waals surface area contributed by atoms with Crippen molar-refractivity contribution in [2.75, 3.05) is 6.54 Å². The van der Waals surface area contributed by atoms with Crippen LogP contribution < -0.4 is 5.32 Å². The van der Waals surface area contributed by atoms with E-state index in [1.165, 1.54) is 30.5 Å². The second-order valence-electron chi connectivity index (χ2n) is 5.45. The number of halogens is 1. The first-order valence-corrected chi connectivity index (χ1v) is 6.63. The standard InChI is InChI=1S/C15H22FN/c1-11(14-5-6-14)10-17-12(2)9-13-3-7-15(16)8-4-13/h3-4,7-8,11-12,14,17H,5-6,9-10H2,1-2H3. The average molecular weight is 235 g/mol. The summed E-state index contributed by atoms with van der Waals surface area (Å²) >= 11 is 0. The molecule has 1 aromatic carbocycles. The van der Waals surface area contributed by atoms with E-state index in [0.717, 1.165) is 24.8 Å². The molecular formula is C15H22FN. The highest BCUT2D eigenvalue weighted by atomic mass is 19.1. The van der Waals surface area contributed by atoms with E-state index in [-0.39, 0.29) is 5.82 Å². The van der Waals surface area contributed by atoms with Crippen molar-refractivity contribution in [1.82, 2.24) is 5.32 Å². The minimum absolute atomic E-state index is 0.156. The van der Waals surface area contributed by atoms with Crippen molar-refractivity contribution in [2.24, 2.45) is 11.8 Å². The summed E-state index contributed by atoms with van der Waals surface area (Å²) in [5.41, 5.74) is 1.20. The third kappa shape index (κ3) is 4.12. The molecule has 0 spiro atoms. The van der Waals surface area contributed by atoms with Gasteiger partial charge in [-0.05, 0) is 62.3 Å². The molecular weight excluding hydrogens is 213 g/mol. The molecule has 0 aromatic heterocycles. The summed E-state index contributed by atoms with van der Waals surface area (Å²) in [5, 5.41) is 3.57. The molecule has 0 radical (unpaired) electrons. The first-order chi connectivity index (χ1) is 8.15. The van der Waals surface area contributed by atoms with Gasteiger partial charge in [-0.1, -0.05) is 19.1 Å². The van der Waals surface area contributed by atoms with Crippen molar-refractivity contribution in [2.45, 2.75) is 39.2 Å². The second-order valence-corrected chi connectivity index (χ2v) is 5.45. The summed E-state index contributed by atoms with van der Waals surface area (Å²) in [6, 6.07) is 7.28. The smallest absolute Gasteiger partial charge is 0.123 e. The predicted molar refractivity (Wildman–Crippen MR) is 69.5 cm³/mol.